The second-order valence-corrected chi connectivity index (χ2v) is 8.59. The summed E-state index contributed by atoms with van der Waals surface area (Å²) in [6.07, 6.45) is 0.822. The van der Waals surface area contributed by atoms with Crippen molar-refractivity contribution in [1.29, 1.82) is 0 Å². The van der Waals surface area contributed by atoms with Gasteiger partial charge in [0.2, 0.25) is 5.78 Å². The van der Waals surface area contributed by atoms with E-state index in [0.29, 0.717) is 52.3 Å². The van der Waals surface area contributed by atoms with Gasteiger partial charge in [-0.2, -0.15) is 4.98 Å². The molecule has 0 saturated carbocycles. The van der Waals surface area contributed by atoms with Crippen LogP contribution < -0.4 is 11.2 Å². The number of hydrogen-bond acceptors (Lipinski definition) is 4. The zero-order chi connectivity index (χ0) is 23.2. The van der Waals surface area contributed by atoms with Gasteiger partial charge in [-0.25, -0.2) is 4.79 Å². The van der Waals surface area contributed by atoms with Gasteiger partial charge in [0.15, 0.2) is 11.2 Å². The fourth-order valence-electron chi connectivity index (χ4n) is 4.01. The van der Waals surface area contributed by atoms with E-state index in [-0.39, 0.29) is 6.54 Å². The first-order chi connectivity index (χ1) is 15.3. The minimum atomic E-state index is -0.438. The van der Waals surface area contributed by atoms with E-state index in [0.717, 1.165) is 17.8 Å². The smallest absolute Gasteiger partial charge is 0.332 e. The van der Waals surface area contributed by atoms with Crippen LogP contribution in [0.3, 0.4) is 0 Å². The van der Waals surface area contributed by atoms with Crippen molar-refractivity contribution in [3.8, 4) is 0 Å². The molecule has 0 atom stereocenters. The summed E-state index contributed by atoms with van der Waals surface area (Å²) < 4.78 is 12.0. The molecule has 0 fully saturated rings. The number of imidazole rings is 2. The summed E-state index contributed by atoms with van der Waals surface area (Å²) in [6, 6.07) is 5.07. The summed E-state index contributed by atoms with van der Waals surface area (Å²) in [7, 11) is 1.63. The topological polar surface area (TPSA) is 75.5 Å². The average molecular weight is 478 g/mol. The van der Waals surface area contributed by atoms with Gasteiger partial charge in [-0.05, 0) is 44.9 Å². The van der Waals surface area contributed by atoms with E-state index in [2.05, 4.69) is 9.55 Å². The fourth-order valence-corrected chi connectivity index (χ4v) is 4.33. The lowest BCUT2D eigenvalue weighted by molar-refractivity contribution is 0.142. The lowest BCUT2D eigenvalue weighted by atomic mass is 10.2. The molecule has 170 valence electrons. The van der Waals surface area contributed by atoms with Gasteiger partial charge in [0.25, 0.3) is 5.56 Å². The molecule has 4 aromatic rings. The molecule has 8 nitrogen and oxygen atoms in total. The molecule has 3 aromatic heterocycles. The number of fused-ring (bicyclic) bond motifs is 3. The molecule has 0 radical (unpaired) electrons. The van der Waals surface area contributed by atoms with Crippen LogP contribution in [-0.2, 0) is 24.9 Å². The predicted molar refractivity (Wildman–Crippen MR) is 126 cm³/mol. The van der Waals surface area contributed by atoms with Crippen LogP contribution in [0.15, 0.2) is 27.8 Å². The summed E-state index contributed by atoms with van der Waals surface area (Å²) in [4.78, 5) is 31.2. The normalized spacial score (nSPS) is 11.8. The first kappa shape index (κ1) is 22.6. The van der Waals surface area contributed by atoms with Crippen molar-refractivity contribution in [1.82, 2.24) is 23.1 Å². The Morgan fingerprint density at radius 1 is 1.06 bits per heavy atom. The van der Waals surface area contributed by atoms with Crippen LogP contribution in [-0.4, -0.2) is 36.3 Å². The Bertz CT molecular complexity index is 1440. The Labute approximate surface area is 194 Å². The Morgan fingerprint density at radius 3 is 2.50 bits per heavy atom. The van der Waals surface area contributed by atoms with Gasteiger partial charge in [-0.15, -0.1) is 0 Å². The highest BCUT2D eigenvalue weighted by Crippen LogP contribution is 2.23. The third kappa shape index (κ3) is 3.66. The van der Waals surface area contributed by atoms with E-state index >= 15 is 0 Å². The largest absolute Gasteiger partial charge is 0.382 e. The lowest BCUT2D eigenvalue weighted by Crippen LogP contribution is -2.39. The second kappa shape index (κ2) is 8.77. The van der Waals surface area contributed by atoms with Gasteiger partial charge in [-0.3, -0.25) is 18.3 Å². The average Bonchev–Trinajstić information content (AvgIpc) is 3.26. The summed E-state index contributed by atoms with van der Waals surface area (Å²) in [5, 5.41) is 0.790. The van der Waals surface area contributed by atoms with Gasteiger partial charge in [-0.1, -0.05) is 29.3 Å². The van der Waals surface area contributed by atoms with E-state index in [1.807, 2.05) is 25.2 Å². The molecule has 1 aromatic carbocycles. The van der Waals surface area contributed by atoms with Crippen LogP contribution in [0.2, 0.25) is 10.0 Å². The molecule has 32 heavy (non-hydrogen) atoms. The van der Waals surface area contributed by atoms with Crippen LogP contribution in [0.1, 0.15) is 30.3 Å². The highest BCUT2D eigenvalue weighted by atomic mass is 35.5. The summed E-state index contributed by atoms with van der Waals surface area (Å²) in [5.74, 6) is 0.644. The molecule has 0 aliphatic rings. The van der Waals surface area contributed by atoms with Gasteiger partial charge in [0.05, 0.1) is 16.6 Å². The van der Waals surface area contributed by atoms with Gasteiger partial charge in [0, 0.05) is 38.2 Å². The zero-order valence-corrected chi connectivity index (χ0v) is 20.0. The van der Waals surface area contributed by atoms with Crippen molar-refractivity contribution in [2.75, 3.05) is 13.2 Å². The number of benzene rings is 1. The Balaban J connectivity index is 1.89. The molecular weight excluding hydrogens is 453 g/mol. The Hall–Kier alpha value is -2.55. The molecule has 0 amide bonds. The number of hydrogen-bond donors (Lipinski definition) is 0. The van der Waals surface area contributed by atoms with Gasteiger partial charge >= 0.3 is 5.69 Å². The second-order valence-electron chi connectivity index (χ2n) is 7.77. The molecule has 0 aliphatic heterocycles. The molecule has 4 rings (SSSR count). The van der Waals surface area contributed by atoms with Crippen LogP contribution in [0.5, 0.6) is 0 Å². The number of halogens is 2. The van der Waals surface area contributed by atoms with Gasteiger partial charge in [0.1, 0.15) is 0 Å². The van der Waals surface area contributed by atoms with E-state index in [9.17, 15) is 9.59 Å². The minimum Gasteiger partial charge on any atom is -0.382 e. The SMILES string of the molecule is CCOCCCn1c(C)c(C)n2c3c(=O)n(Cc4ccc(Cl)c(Cl)c4)c(=O)n(C)c3nc12. The molecule has 0 N–H and O–H groups in total. The van der Waals surface area contributed by atoms with E-state index in [1.54, 1.807) is 25.2 Å². The molecule has 3 heterocycles. The highest BCUT2D eigenvalue weighted by molar-refractivity contribution is 6.42. The number of aromatic nitrogens is 5. The molecule has 0 spiro atoms. The van der Waals surface area contributed by atoms with Gasteiger partial charge < -0.3 is 9.30 Å². The number of ether oxygens (including phenoxy) is 1. The van der Waals surface area contributed by atoms with Crippen molar-refractivity contribution in [2.24, 2.45) is 7.05 Å². The van der Waals surface area contributed by atoms with Crippen LogP contribution in [0.4, 0.5) is 0 Å². The fraction of sp³-hybridized carbons (Fsp3) is 0.409. The third-order valence-electron chi connectivity index (χ3n) is 5.83. The number of rotatable bonds is 7. The van der Waals surface area contributed by atoms with Crippen molar-refractivity contribution < 1.29 is 4.74 Å². The number of aryl methyl sites for hydroxylation is 3. The van der Waals surface area contributed by atoms with Crippen molar-refractivity contribution in [2.45, 2.75) is 40.3 Å². The molecular formula is C22H25Cl2N5O3. The maximum Gasteiger partial charge on any atom is 0.332 e. The van der Waals surface area contributed by atoms with Crippen molar-refractivity contribution >= 4 is 40.1 Å². The van der Waals surface area contributed by atoms with E-state index in [4.69, 9.17) is 27.9 Å². The highest BCUT2D eigenvalue weighted by Gasteiger charge is 2.22. The standard InChI is InChI=1S/C22H25Cl2N5O3/c1-5-32-10-6-9-27-13(2)14(3)29-18-19(25-21(27)29)26(4)22(31)28(20(18)30)12-15-7-8-16(23)17(24)11-15/h7-8,11H,5-6,9-10,12H2,1-4H3. The minimum absolute atomic E-state index is 0.0820. The predicted octanol–water partition coefficient (Wildman–Crippen LogP) is 3.55. The third-order valence-corrected chi connectivity index (χ3v) is 6.57. The summed E-state index contributed by atoms with van der Waals surface area (Å²) >= 11 is 12.1. The quantitative estimate of drug-likeness (QED) is 0.381. The Morgan fingerprint density at radius 2 is 1.81 bits per heavy atom. The van der Waals surface area contributed by atoms with Crippen LogP contribution in [0.25, 0.3) is 16.9 Å². The summed E-state index contributed by atoms with van der Waals surface area (Å²) in [5.41, 5.74) is 2.56. The summed E-state index contributed by atoms with van der Waals surface area (Å²) in [6.45, 7) is 8.04. The van der Waals surface area contributed by atoms with Crippen molar-refractivity contribution in [3.63, 3.8) is 0 Å². The van der Waals surface area contributed by atoms with Crippen LogP contribution >= 0.6 is 23.2 Å². The van der Waals surface area contributed by atoms with Crippen molar-refractivity contribution in [3.05, 3.63) is 66.0 Å². The Kier molecular flexibility index (Phi) is 6.20. The zero-order valence-electron chi connectivity index (χ0n) is 18.5. The molecule has 10 heteroatoms. The first-order valence-corrected chi connectivity index (χ1v) is 11.2. The molecule has 0 bridgehead atoms. The maximum absolute atomic E-state index is 13.5. The van der Waals surface area contributed by atoms with E-state index < -0.39 is 11.2 Å². The number of nitrogens with zero attached hydrogens (tertiary/aromatic N) is 5. The molecule has 0 saturated heterocycles. The van der Waals surface area contributed by atoms with Crippen LogP contribution in [0, 0.1) is 13.8 Å². The first-order valence-electron chi connectivity index (χ1n) is 10.5. The van der Waals surface area contributed by atoms with E-state index in [1.165, 1.54) is 9.13 Å². The lowest BCUT2D eigenvalue weighted by Gasteiger charge is -2.09. The molecule has 0 aliphatic carbocycles. The molecule has 0 unspecified atom stereocenters. The maximum atomic E-state index is 13.5. The monoisotopic (exact) mass is 477 g/mol.